The Labute approximate surface area is 91.9 Å². The average Bonchev–Trinajstić information content (AvgIpc) is 2.21. The Balaban J connectivity index is 2.42. The van der Waals surface area contributed by atoms with Crippen molar-refractivity contribution in [1.82, 2.24) is 10.3 Å². The van der Waals surface area contributed by atoms with Crippen molar-refractivity contribution in [2.24, 2.45) is 0 Å². The smallest absolute Gasteiger partial charge is 0.0746 e. The standard InChI is InChI=1S/C12H20N2O/c1-10-11(6-5-7-14-10)8-13-9-12(2,3)15-4/h5-7,13H,8-9H2,1-4H3. The fourth-order valence-electron chi connectivity index (χ4n) is 1.27. The van der Waals surface area contributed by atoms with E-state index in [0.29, 0.717) is 0 Å². The highest BCUT2D eigenvalue weighted by molar-refractivity contribution is 5.17. The molecule has 1 N–H and O–H groups in total. The van der Waals surface area contributed by atoms with Gasteiger partial charge in [0.2, 0.25) is 0 Å². The summed E-state index contributed by atoms with van der Waals surface area (Å²) >= 11 is 0. The van der Waals surface area contributed by atoms with Crippen LogP contribution in [-0.2, 0) is 11.3 Å². The van der Waals surface area contributed by atoms with E-state index < -0.39 is 0 Å². The van der Waals surface area contributed by atoms with Gasteiger partial charge in [-0.3, -0.25) is 4.98 Å². The minimum atomic E-state index is -0.115. The van der Waals surface area contributed by atoms with Crippen molar-refractivity contribution >= 4 is 0 Å². The highest BCUT2D eigenvalue weighted by atomic mass is 16.5. The summed E-state index contributed by atoms with van der Waals surface area (Å²) in [6, 6.07) is 4.06. The highest BCUT2D eigenvalue weighted by Gasteiger charge is 2.15. The summed E-state index contributed by atoms with van der Waals surface area (Å²) in [6.07, 6.45) is 1.82. The number of ether oxygens (including phenoxy) is 1. The predicted molar refractivity (Wildman–Crippen MR) is 61.8 cm³/mol. The fraction of sp³-hybridized carbons (Fsp3) is 0.583. The third-order valence-electron chi connectivity index (χ3n) is 2.54. The Morgan fingerprint density at radius 2 is 2.20 bits per heavy atom. The van der Waals surface area contributed by atoms with Crippen LogP contribution in [-0.4, -0.2) is 24.2 Å². The van der Waals surface area contributed by atoms with E-state index in [-0.39, 0.29) is 5.60 Å². The van der Waals surface area contributed by atoms with Gasteiger partial charge in [-0.25, -0.2) is 0 Å². The molecule has 0 radical (unpaired) electrons. The third kappa shape index (κ3) is 3.98. The molecule has 0 aliphatic rings. The molecule has 0 amide bonds. The van der Waals surface area contributed by atoms with Gasteiger partial charge in [-0.05, 0) is 32.4 Å². The fourth-order valence-corrected chi connectivity index (χ4v) is 1.27. The van der Waals surface area contributed by atoms with Crippen molar-refractivity contribution in [3.63, 3.8) is 0 Å². The SMILES string of the molecule is COC(C)(C)CNCc1cccnc1C. The van der Waals surface area contributed by atoms with Crippen LogP contribution in [0.2, 0.25) is 0 Å². The molecule has 0 fully saturated rings. The number of hydrogen-bond acceptors (Lipinski definition) is 3. The molecule has 0 aliphatic heterocycles. The summed E-state index contributed by atoms with van der Waals surface area (Å²) in [6.45, 7) is 7.83. The lowest BCUT2D eigenvalue weighted by molar-refractivity contribution is 0.0230. The zero-order chi connectivity index (χ0) is 11.3. The topological polar surface area (TPSA) is 34.1 Å². The zero-order valence-corrected chi connectivity index (χ0v) is 10.0. The van der Waals surface area contributed by atoms with E-state index in [9.17, 15) is 0 Å². The molecule has 0 aliphatic carbocycles. The monoisotopic (exact) mass is 208 g/mol. The van der Waals surface area contributed by atoms with Crippen molar-refractivity contribution < 1.29 is 4.74 Å². The molecule has 1 rings (SSSR count). The number of rotatable bonds is 5. The van der Waals surface area contributed by atoms with E-state index >= 15 is 0 Å². The van der Waals surface area contributed by atoms with Gasteiger partial charge in [-0.1, -0.05) is 6.07 Å². The van der Waals surface area contributed by atoms with Crippen molar-refractivity contribution in [2.45, 2.75) is 32.9 Å². The molecule has 0 saturated carbocycles. The second-order valence-corrected chi connectivity index (χ2v) is 4.32. The molecule has 3 heteroatoms. The number of methoxy groups -OCH3 is 1. The van der Waals surface area contributed by atoms with Crippen molar-refractivity contribution in [1.29, 1.82) is 0 Å². The van der Waals surface area contributed by atoms with Gasteiger partial charge in [0.15, 0.2) is 0 Å². The van der Waals surface area contributed by atoms with Crippen molar-refractivity contribution in [2.75, 3.05) is 13.7 Å². The van der Waals surface area contributed by atoms with Crippen LogP contribution in [0.15, 0.2) is 18.3 Å². The van der Waals surface area contributed by atoms with Gasteiger partial charge in [0.1, 0.15) is 0 Å². The van der Waals surface area contributed by atoms with E-state index in [4.69, 9.17) is 4.74 Å². The summed E-state index contributed by atoms with van der Waals surface area (Å²) in [5.41, 5.74) is 2.21. The maximum absolute atomic E-state index is 5.33. The van der Waals surface area contributed by atoms with Crippen LogP contribution in [0.1, 0.15) is 25.1 Å². The lowest BCUT2D eigenvalue weighted by Gasteiger charge is -2.23. The molecule has 0 aromatic carbocycles. The third-order valence-corrected chi connectivity index (χ3v) is 2.54. The molecular formula is C12H20N2O. The zero-order valence-electron chi connectivity index (χ0n) is 10.0. The summed E-state index contributed by atoms with van der Waals surface area (Å²) in [5, 5.41) is 3.37. The summed E-state index contributed by atoms with van der Waals surface area (Å²) in [5.74, 6) is 0. The normalized spacial score (nSPS) is 11.7. The number of aromatic nitrogens is 1. The first-order valence-corrected chi connectivity index (χ1v) is 5.21. The highest BCUT2D eigenvalue weighted by Crippen LogP contribution is 2.07. The van der Waals surface area contributed by atoms with E-state index in [1.807, 2.05) is 19.2 Å². The van der Waals surface area contributed by atoms with Crippen LogP contribution >= 0.6 is 0 Å². The predicted octanol–water partition coefficient (Wildman–Crippen LogP) is 1.90. The molecule has 0 bridgehead atoms. The van der Waals surface area contributed by atoms with Crippen LogP contribution in [0, 0.1) is 6.92 Å². The number of nitrogens with one attached hydrogen (secondary N) is 1. The van der Waals surface area contributed by atoms with Crippen LogP contribution < -0.4 is 5.32 Å². The lowest BCUT2D eigenvalue weighted by Crippen LogP contribution is -2.36. The van der Waals surface area contributed by atoms with Crippen LogP contribution in [0.25, 0.3) is 0 Å². The lowest BCUT2D eigenvalue weighted by atomic mass is 10.1. The Hall–Kier alpha value is -0.930. The average molecular weight is 208 g/mol. The van der Waals surface area contributed by atoms with Crippen LogP contribution in [0.4, 0.5) is 0 Å². The maximum Gasteiger partial charge on any atom is 0.0746 e. The molecule has 15 heavy (non-hydrogen) atoms. The Morgan fingerprint density at radius 3 is 2.80 bits per heavy atom. The maximum atomic E-state index is 5.33. The van der Waals surface area contributed by atoms with Crippen LogP contribution in [0.3, 0.4) is 0 Å². The quantitative estimate of drug-likeness (QED) is 0.802. The second kappa shape index (κ2) is 5.24. The van der Waals surface area contributed by atoms with Gasteiger partial charge in [0, 0.05) is 32.1 Å². The van der Waals surface area contributed by atoms with E-state index in [1.54, 1.807) is 7.11 Å². The first-order chi connectivity index (χ1) is 7.05. The van der Waals surface area contributed by atoms with Crippen LogP contribution in [0.5, 0.6) is 0 Å². The van der Waals surface area contributed by atoms with Crippen molar-refractivity contribution in [3.8, 4) is 0 Å². The largest absolute Gasteiger partial charge is 0.377 e. The van der Waals surface area contributed by atoms with Gasteiger partial charge in [-0.2, -0.15) is 0 Å². The minimum Gasteiger partial charge on any atom is -0.377 e. The van der Waals surface area contributed by atoms with Gasteiger partial charge < -0.3 is 10.1 Å². The molecule has 84 valence electrons. The molecule has 0 saturated heterocycles. The first-order valence-electron chi connectivity index (χ1n) is 5.21. The molecule has 0 unspecified atom stereocenters. The summed E-state index contributed by atoms with van der Waals surface area (Å²) in [7, 11) is 1.73. The van der Waals surface area contributed by atoms with Gasteiger partial charge >= 0.3 is 0 Å². The summed E-state index contributed by atoms with van der Waals surface area (Å²) in [4.78, 5) is 4.24. The first kappa shape index (κ1) is 12.1. The molecule has 3 nitrogen and oxygen atoms in total. The Kier molecular flexibility index (Phi) is 4.24. The number of pyridine rings is 1. The molecular weight excluding hydrogens is 188 g/mol. The molecule has 0 atom stereocenters. The summed E-state index contributed by atoms with van der Waals surface area (Å²) < 4.78 is 5.33. The van der Waals surface area contributed by atoms with Crippen molar-refractivity contribution in [3.05, 3.63) is 29.6 Å². The molecule has 1 aromatic rings. The number of hydrogen-bond donors (Lipinski definition) is 1. The second-order valence-electron chi connectivity index (χ2n) is 4.32. The van der Waals surface area contributed by atoms with Gasteiger partial charge in [-0.15, -0.1) is 0 Å². The van der Waals surface area contributed by atoms with Gasteiger partial charge in [0.05, 0.1) is 5.60 Å². The Morgan fingerprint density at radius 1 is 1.47 bits per heavy atom. The van der Waals surface area contributed by atoms with E-state index in [2.05, 4.69) is 30.2 Å². The number of nitrogens with zero attached hydrogens (tertiary/aromatic N) is 1. The minimum absolute atomic E-state index is 0.115. The molecule has 0 spiro atoms. The Bertz CT molecular complexity index is 310. The molecule has 1 aromatic heterocycles. The van der Waals surface area contributed by atoms with E-state index in [0.717, 1.165) is 18.8 Å². The van der Waals surface area contributed by atoms with Gasteiger partial charge in [0.25, 0.3) is 0 Å². The van der Waals surface area contributed by atoms with E-state index in [1.165, 1.54) is 5.56 Å². The number of aryl methyl sites for hydroxylation is 1. The molecule has 1 heterocycles.